The van der Waals surface area contributed by atoms with Crippen LogP contribution in [0.3, 0.4) is 0 Å². The largest absolute Gasteiger partial charge is 0.486 e. The van der Waals surface area contributed by atoms with E-state index in [1.165, 1.54) is 0 Å². The summed E-state index contributed by atoms with van der Waals surface area (Å²) in [5.41, 5.74) is 6.42. The van der Waals surface area contributed by atoms with Crippen molar-refractivity contribution in [3.05, 3.63) is 56.6 Å². The lowest BCUT2D eigenvalue weighted by atomic mass is 10.1. The Morgan fingerprint density at radius 2 is 1.63 bits per heavy atom. The molecule has 0 fully saturated rings. The number of fused-ring (bicyclic) bond motifs is 2. The van der Waals surface area contributed by atoms with E-state index in [4.69, 9.17) is 9.47 Å². The molecule has 0 bridgehead atoms. The molecule has 0 radical (unpaired) electrons. The number of ether oxygens (including phenoxy) is 2. The zero-order chi connectivity index (χ0) is 19.0. The molecular weight excluding hydrogens is 482 g/mol. The van der Waals surface area contributed by atoms with E-state index in [0.29, 0.717) is 35.8 Å². The number of hydrogen-bond donors (Lipinski definition) is 3. The summed E-state index contributed by atoms with van der Waals surface area (Å²) in [7, 11) is 0. The van der Waals surface area contributed by atoms with Crippen LogP contribution in [0.25, 0.3) is 10.9 Å². The van der Waals surface area contributed by atoms with Crippen molar-refractivity contribution in [3.8, 4) is 11.5 Å². The minimum absolute atomic E-state index is 0.352. The normalized spacial score (nSPS) is 12.7. The van der Waals surface area contributed by atoms with Gasteiger partial charge in [-0.05, 0) is 62.2 Å². The van der Waals surface area contributed by atoms with Crippen molar-refractivity contribution in [3.63, 3.8) is 0 Å². The molecule has 0 spiro atoms. The third-order valence-electron chi connectivity index (χ3n) is 4.06. The number of rotatable bonds is 2. The Hall–Kier alpha value is -2.52. The minimum Gasteiger partial charge on any atom is -0.486 e. The Bertz CT molecular complexity index is 1060. The molecule has 1 aliphatic rings. The van der Waals surface area contributed by atoms with Crippen LogP contribution in [0, 0.1) is 0 Å². The fraction of sp³-hybridized carbons (Fsp3) is 0.111. The van der Waals surface area contributed by atoms with Gasteiger partial charge >= 0.3 is 0 Å². The Labute approximate surface area is 170 Å². The zero-order valence-electron chi connectivity index (χ0n) is 13.8. The number of hydrazine groups is 1. The molecule has 27 heavy (non-hydrogen) atoms. The van der Waals surface area contributed by atoms with Crippen LogP contribution in [0.5, 0.6) is 11.5 Å². The van der Waals surface area contributed by atoms with E-state index in [1.54, 1.807) is 24.4 Å². The van der Waals surface area contributed by atoms with Crippen molar-refractivity contribution in [1.29, 1.82) is 0 Å². The van der Waals surface area contributed by atoms with Crippen molar-refractivity contribution < 1.29 is 19.1 Å². The fourth-order valence-corrected chi connectivity index (χ4v) is 3.43. The van der Waals surface area contributed by atoms with Gasteiger partial charge in [0.05, 0.1) is 5.56 Å². The molecule has 3 aromatic rings. The topological polar surface area (TPSA) is 92.5 Å². The molecule has 0 unspecified atom stereocenters. The Morgan fingerprint density at radius 1 is 0.926 bits per heavy atom. The van der Waals surface area contributed by atoms with Gasteiger partial charge in [0.15, 0.2) is 11.5 Å². The van der Waals surface area contributed by atoms with Crippen LogP contribution in [0.1, 0.15) is 20.7 Å². The highest BCUT2D eigenvalue weighted by molar-refractivity contribution is 9.13. The molecule has 0 saturated heterocycles. The highest BCUT2D eigenvalue weighted by Gasteiger charge is 2.17. The van der Waals surface area contributed by atoms with Gasteiger partial charge in [-0.15, -0.1) is 0 Å². The van der Waals surface area contributed by atoms with E-state index in [-0.39, 0.29) is 0 Å². The number of benzene rings is 2. The third-order valence-corrected chi connectivity index (χ3v) is 5.91. The summed E-state index contributed by atoms with van der Waals surface area (Å²) in [6, 6.07) is 8.55. The van der Waals surface area contributed by atoms with E-state index in [1.807, 2.05) is 12.1 Å². The predicted octanol–water partition coefficient (Wildman–Crippen LogP) is 3.54. The van der Waals surface area contributed by atoms with Gasteiger partial charge in [0, 0.05) is 31.6 Å². The average Bonchev–Trinajstić information content (AvgIpc) is 3.08. The quantitative estimate of drug-likeness (QED) is 0.475. The Morgan fingerprint density at radius 3 is 2.44 bits per heavy atom. The summed E-state index contributed by atoms with van der Waals surface area (Å²) in [4.78, 5) is 27.8. The van der Waals surface area contributed by atoms with Crippen molar-refractivity contribution in [1.82, 2.24) is 15.8 Å². The van der Waals surface area contributed by atoms with Crippen LogP contribution in [-0.2, 0) is 0 Å². The van der Waals surface area contributed by atoms with Gasteiger partial charge in [-0.3, -0.25) is 20.4 Å². The van der Waals surface area contributed by atoms with Crippen LogP contribution < -0.4 is 20.3 Å². The van der Waals surface area contributed by atoms with Gasteiger partial charge in [0.1, 0.15) is 13.2 Å². The lowest BCUT2D eigenvalue weighted by Crippen LogP contribution is -2.41. The second kappa shape index (κ2) is 7.24. The summed E-state index contributed by atoms with van der Waals surface area (Å²) in [6.45, 7) is 0.910. The van der Waals surface area contributed by atoms with Gasteiger partial charge in [0.2, 0.25) is 0 Å². The summed E-state index contributed by atoms with van der Waals surface area (Å²) >= 11 is 6.84. The van der Waals surface area contributed by atoms with Gasteiger partial charge in [-0.2, -0.15) is 0 Å². The molecule has 0 atom stereocenters. The Balaban J connectivity index is 1.48. The number of carbonyl (C=O) groups is 2. The van der Waals surface area contributed by atoms with Crippen LogP contribution in [0.15, 0.2) is 45.5 Å². The standard InChI is InChI=1S/C18H13Br2N3O4/c19-12-6-10-11(8-21-14(10)7-13(12)20)18(25)23-22-17(24)9-1-2-15-16(5-9)27-4-3-26-15/h1-2,5-8,21H,3-4H2,(H,22,24)(H,23,25). The first-order valence-corrected chi connectivity index (χ1v) is 9.58. The molecule has 138 valence electrons. The van der Waals surface area contributed by atoms with E-state index in [0.717, 1.165) is 19.8 Å². The fourth-order valence-electron chi connectivity index (χ4n) is 2.74. The summed E-state index contributed by atoms with van der Waals surface area (Å²) in [5.74, 6) is 0.218. The van der Waals surface area contributed by atoms with Crippen molar-refractivity contribution >= 4 is 54.6 Å². The van der Waals surface area contributed by atoms with E-state index >= 15 is 0 Å². The first-order valence-electron chi connectivity index (χ1n) is 7.99. The van der Waals surface area contributed by atoms with Gasteiger partial charge in [-0.25, -0.2) is 0 Å². The second-order valence-electron chi connectivity index (χ2n) is 5.78. The molecule has 2 aromatic carbocycles. The highest BCUT2D eigenvalue weighted by atomic mass is 79.9. The molecule has 9 heteroatoms. The summed E-state index contributed by atoms with van der Waals surface area (Å²) in [6.07, 6.45) is 1.59. The van der Waals surface area contributed by atoms with Crippen molar-refractivity contribution in [2.45, 2.75) is 0 Å². The number of aromatic amines is 1. The van der Waals surface area contributed by atoms with E-state index in [9.17, 15) is 9.59 Å². The maximum absolute atomic E-state index is 12.5. The van der Waals surface area contributed by atoms with Crippen LogP contribution in [0.2, 0.25) is 0 Å². The van der Waals surface area contributed by atoms with Crippen molar-refractivity contribution in [2.75, 3.05) is 13.2 Å². The van der Waals surface area contributed by atoms with Gasteiger partial charge in [0.25, 0.3) is 11.8 Å². The molecule has 0 saturated carbocycles. The number of carbonyl (C=O) groups excluding carboxylic acids is 2. The predicted molar refractivity (Wildman–Crippen MR) is 106 cm³/mol. The van der Waals surface area contributed by atoms with Gasteiger partial charge in [-0.1, -0.05) is 0 Å². The van der Waals surface area contributed by atoms with E-state index in [2.05, 4.69) is 47.7 Å². The van der Waals surface area contributed by atoms with Crippen LogP contribution in [-0.4, -0.2) is 30.0 Å². The number of amides is 2. The van der Waals surface area contributed by atoms with Crippen LogP contribution >= 0.6 is 31.9 Å². The third kappa shape index (κ3) is 3.52. The molecule has 3 N–H and O–H groups in total. The number of hydrogen-bond acceptors (Lipinski definition) is 4. The summed E-state index contributed by atoms with van der Waals surface area (Å²) < 4.78 is 12.6. The number of nitrogens with one attached hydrogen (secondary N) is 3. The maximum Gasteiger partial charge on any atom is 0.271 e. The minimum atomic E-state index is -0.455. The van der Waals surface area contributed by atoms with Crippen molar-refractivity contribution in [2.24, 2.45) is 0 Å². The molecule has 1 aliphatic heterocycles. The summed E-state index contributed by atoms with van der Waals surface area (Å²) in [5, 5.41) is 0.733. The first-order chi connectivity index (χ1) is 13.0. The number of aromatic nitrogens is 1. The molecule has 1 aromatic heterocycles. The smallest absolute Gasteiger partial charge is 0.271 e. The average molecular weight is 495 g/mol. The molecule has 7 nitrogen and oxygen atoms in total. The lowest BCUT2D eigenvalue weighted by Gasteiger charge is -2.18. The monoisotopic (exact) mass is 493 g/mol. The Kier molecular flexibility index (Phi) is 4.79. The zero-order valence-corrected chi connectivity index (χ0v) is 16.9. The lowest BCUT2D eigenvalue weighted by molar-refractivity contribution is 0.0847. The maximum atomic E-state index is 12.5. The number of H-pyrrole nitrogens is 1. The molecule has 2 heterocycles. The molecule has 4 rings (SSSR count). The molecular formula is C18H13Br2N3O4. The highest BCUT2D eigenvalue weighted by Crippen LogP contribution is 2.31. The molecule has 0 aliphatic carbocycles. The first kappa shape index (κ1) is 17.9. The second-order valence-corrected chi connectivity index (χ2v) is 7.49. The van der Waals surface area contributed by atoms with E-state index < -0.39 is 11.8 Å². The molecule has 2 amide bonds. The van der Waals surface area contributed by atoms with Gasteiger partial charge < -0.3 is 14.5 Å². The SMILES string of the molecule is O=C(NNC(=O)c1c[nH]c2cc(Br)c(Br)cc12)c1ccc2c(c1)OCCO2. The van der Waals surface area contributed by atoms with Crippen LogP contribution in [0.4, 0.5) is 0 Å². The number of halogens is 2.